The molecule has 1 rings (SSSR count). The summed E-state index contributed by atoms with van der Waals surface area (Å²) in [6.45, 7) is 8.86. The largest absolute Gasteiger partial charge is 0.357 e. The van der Waals surface area contributed by atoms with E-state index in [1.807, 2.05) is 20.8 Å². The highest BCUT2D eigenvalue weighted by atomic mass is 127. The second kappa shape index (κ2) is 13.5. The van der Waals surface area contributed by atoms with Gasteiger partial charge in [0.15, 0.2) is 5.96 Å². The molecule has 132 valence electrons. The monoisotopic (exact) mass is 453 g/mol. The number of aliphatic imine (C=N–C) groups is 1. The molecule has 0 aliphatic rings. The van der Waals surface area contributed by atoms with Crippen LogP contribution in [0.4, 0.5) is 0 Å². The predicted molar refractivity (Wildman–Crippen MR) is 108 cm³/mol. The summed E-state index contributed by atoms with van der Waals surface area (Å²) in [5.74, 6) is 0.803. The molecule has 23 heavy (non-hydrogen) atoms. The second-order valence-electron chi connectivity index (χ2n) is 4.90. The number of rotatable bonds is 9. The summed E-state index contributed by atoms with van der Waals surface area (Å²) in [7, 11) is 0. The molecule has 0 saturated carbocycles. The van der Waals surface area contributed by atoms with Crippen molar-refractivity contribution >= 4 is 47.2 Å². The number of guanidine groups is 1. The quantitative estimate of drug-likeness (QED) is 0.304. The van der Waals surface area contributed by atoms with E-state index in [-0.39, 0.29) is 29.9 Å². The number of aromatic nitrogens is 1. The summed E-state index contributed by atoms with van der Waals surface area (Å²) >= 11 is 1.67. The molecular formula is C15H28IN5OS. The van der Waals surface area contributed by atoms with Crippen molar-refractivity contribution in [1.82, 2.24) is 20.9 Å². The molecular weight excluding hydrogens is 425 g/mol. The third-order valence-corrected chi connectivity index (χ3v) is 3.69. The molecule has 0 aromatic carbocycles. The molecule has 0 fully saturated rings. The Balaban J connectivity index is 0.00000484. The number of aryl methyl sites for hydroxylation is 1. The Morgan fingerprint density at radius 3 is 2.65 bits per heavy atom. The summed E-state index contributed by atoms with van der Waals surface area (Å²) in [6, 6.07) is 0. The van der Waals surface area contributed by atoms with Crippen LogP contribution in [-0.4, -0.2) is 43.0 Å². The molecule has 0 atom stereocenters. The van der Waals surface area contributed by atoms with E-state index in [4.69, 9.17) is 0 Å². The number of nitrogens with zero attached hydrogens (tertiary/aromatic N) is 2. The summed E-state index contributed by atoms with van der Waals surface area (Å²) in [5.41, 5.74) is 1.10. The fourth-order valence-electron chi connectivity index (χ4n) is 1.80. The average molecular weight is 453 g/mol. The van der Waals surface area contributed by atoms with Crippen molar-refractivity contribution in [2.75, 3.05) is 26.2 Å². The number of nitrogens with one attached hydrogen (secondary N) is 3. The highest BCUT2D eigenvalue weighted by molar-refractivity contribution is 14.0. The Labute approximate surface area is 160 Å². The smallest absolute Gasteiger partial charge is 0.221 e. The van der Waals surface area contributed by atoms with Gasteiger partial charge in [-0.3, -0.25) is 9.79 Å². The van der Waals surface area contributed by atoms with E-state index in [9.17, 15) is 4.79 Å². The molecule has 0 unspecified atom stereocenters. The lowest BCUT2D eigenvalue weighted by atomic mass is 10.3. The van der Waals surface area contributed by atoms with Gasteiger partial charge in [0.05, 0.1) is 17.2 Å². The fourth-order valence-corrected chi connectivity index (χ4v) is 2.44. The summed E-state index contributed by atoms with van der Waals surface area (Å²) in [5, 5.41) is 12.5. The number of hydrogen-bond acceptors (Lipinski definition) is 4. The molecule has 0 saturated heterocycles. The standard InChI is InChI=1S/C15H27N5OS.HI/c1-4-8-17-14(21)7-10-19-15(16-5-2)18-9-6-13-11-22-12(3)20-13;/h11H,4-10H2,1-3H3,(H,17,21)(H2,16,18,19);1H. The first-order valence-corrected chi connectivity index (χ1v) is 8.73. The van der Waals surface area contributed by atoms with Crippen LogP contribution < -0.4 is 16.0 Å². The Kier molecular flexibility index (Phi) is 13.0. The minimum absolute atomic E-state index is 0. The third kappa shape index (κ3) is 10.5. The molecule has 0 bridgehead atoms. The van der Waals surface area contributed by atoms with E-state index in [2.05, 4.69) is 31.3 Å². The zero-order valence-electron chi connectivity index (χ0n) is 14.1. The topological polar surface area (TPSA) is 78.4 Å². The van der Waals surface area contributed by atoms with Crippen LogP contribution in [0.5, 0.6) is 0 Å². The fraction of sp³-hybridized carbons (Fsp3) is 0.667. The van der Waals surface area contributed by atoms with Crippen LogP contribution in [-0.2, 0) is 11.2 Å². The number of thiazole rings is 1. The Bertz CT molecular complexity index is 478. The average Bonchev–Trinajstić information content (AvgIpc) is 2.90. The van der Waals surface area contributed by atoms with E-state index in [1.165, 1.54) is 0 Å². The summed E-state index contributed by atoms with van der Waals surface area (Å²) in [6.07, 6.45) is 2.24. The SMILES string of the molecule is CCCNC(=O)CCN=C(NCC)NCCc1csc(C)n1.I. The molecule has 1 amide bonds. The highest BCUT2D eigenvalue weighted by Crippen LogP contribution is 2.07. The third-order valence-electron chi connectivity index (χ3n) is 2.87. The van der Waals surface area contributed by atoms with Gasteiger partial charge in [0.2, 0.25) is 5.91 Å². The van der Waals surface area contributed by atoms with Gasteiger partial charge in [0.25, 0.3) is 0 Å². The van der Waals surface area contributed by atoms with Crippen molar-refractivity contribution in [3.05, 3.63) is 16.1 Å². The maximum atomic E-state index is 11.5. The Morgan fingerprint density at radius 1 is 1.26 bits per heavy atom. The molecule has 1 aromatic rings. The van der Waals surface area contributed by atoms with Gasteiger partial charge in [-0.25, -0.2) is 4.98 Å². The van der Waals surface area contributed by atoms with Crippen molar-refractivity contribution in [3.8, 4) is 0 Å². The molecule has 1 aromatic heterocycles. The Morgan fingerprint density at radius 2 is 2.04 bits per heavy atom. The lowest BCUT2D eigenvalue weighted by Gasteiger charge is -2.10. The second-order valence-corrected chi connectivity index (χ2v) is 5.96. The van der Waals surface area contributed by atoms with Gasteiger partial charge >= 0.3 is 0 Å². The molecule has 0 aliphatic carbocycles. The van der Waals surface area contributed by atoms with Crippen molar-refractivity contribution in [2.24, 2.45) is 4.99 Å². The first-order chi connectivity index (χ1) is 10.7. The number of halogens is 1. The van der Waals surface area contributed by atoms with Crippen molar-refractivity contribution in [1.29, 1.82) is 0 Å². The number of hydrogen-bond donors (Lipinski definition) is 3. The Hall–Kier alpha value is -0.900. The van der Waals surface area contributed by atoms with Crippen LogP contribution in [0.2, 0.25) is 0 Å². The summed E-state index contributed by atoms with van der Waals surface area (Å²) < 4.78 is 0. The van der Waals surface area contributed by atoms with Gasteiger partial charge in [-0.05, 0) is 20.3 Å². The van der Waals surface area contributed by atoms with Crippen molar-refractivity contribution < 1.29 is 4.79 Å². The molecule has 1 heterocycles. The predicted octanol–water partition coefficient (Wildman–Crippen LogP) is 2.08. The molecule has 0 radical (unpaired) electrons. The van der Waals surface area contributed by atoms with Crippen LogP contribution in [0.15, 0.2) is 10.4 Å². The van der Waals surface area contributed by atoms with Gasteiger partial charge in [-0.15, -0.1) is 35.3 Å². The summed E-state index contributed by atoms with van der Waals surface area (Å²) in [4.78, 5) is 20.4. The van der Waals surface area contributed by atoms with E-state index >= 15 is 0 Å². The first-order valence-electron chi connectivity index (χ1n) is 7.85. The lowest BCUT2D eigenvalue weighted by molar-refractivity contribution is -0.120. The lowest BCUT2D eigenvalue weighted by Crippen LogP contribution is -2.38. The zero-order chi connectivity index (χ0) is 16.2. The molecule has 0 aliphatic heterocycles. The van der Waals surface area contributed by atoms with Crippen molar-refractivity contribution in [2.45, 2.75) is 40.0 Å². The minimum Gasteiger partial charge on any atom is -0.357 e. The zero-order valence-corrected chi connectivity index (χ0v) is 17.3. The molecule has 0 spiro atoms. The van der Waals surface area contributed by atoms with E-state index in [0.29, 0.717) is 13.0 Å². The van der Waals surface area contributed by atoms with Gasteiger partial charge < -0.3 is 16.0 Å². The van der Waals surface area contributed by atoms with Gasteiger partial charge in [0.1, 0.15) is 0 Å². The van der Waals surface area contributed by atoms with Crippen LogP contribution in [0.3, 0.4) is 0 Å². The van der Waals surface area contributed by atoms with Crippen molar-refractivity contribution in [3.63, 3.8) is 0 Å². The minimum atomic E-state index is 0. The normalized spacial score (nSPS) is 10.8. The van der Waals surface area contributed by atoms with Gasteiger partial charge in [-0.2, -0.15) is 0 Å². The maximum Gasteiger partial charge on any atom is 0.221 e. The van der Waals surface area contributed by atoms with E-state index < -0.39 is 0 Å². The molecule has 6 nitrogen and oxygen atoms in total. The van der Waals surface area contributed by atoms with Gasteiger partial charge in [0, 0.05) is 37.9 Å². The van der Waals surface area contributed by atoms with Crippen LogP contribution in [0.25, 0.3) is 0 Å². The first kappa shape index (κ1) is 22.1. The van der Waals surface area contributed by atoms with E-state index in [0.717, 1.165) is 49.1 Å². The van der Waals surface area contributed by atoms with Crippen LogP contribution in [0.1, 0.15) is 37.4 Å². The van der Waals surface area contributed by atoms with E-state index in [1.54, 1.807) is 11.3 Å². The number of carbonyl (C=O) groups excluding carboxylic acids is 1. The number of amides is 1. The molecule has 8 heteroatoms. The highest BCUT2D eigenvalue weighted by Gasteiger charge is 2.02. The molecule has 3 N–H and O–H groups in total. The van der Waals surface area contributed by atoms with Crippen LogP contribution >= 0.6 is 35.3 Å². The van der Waals surface area contributed by atoms with Crippen LogP contribution in [0, 0.1) is 6.92 Å². The number of carbonyl (C=O) groups is 1. The maximum absolute atomic E-state index is 11.5. The van der Waals surface area contributed by atoms with Gasteiger partial charge in [-0.1, -0.05) is 6.92 Å².